The van der Waals surface area contributed by atoms with Crippen LogP contribution >= 0.6 is 0 Å². The van der Waals surface area contributed by atoms with Crippen molar-refractivity contribution in [3.8, 4) is 5.75 Å². The van der Waals surface area contributed by atoms with Crippen molar-refractivity contribution in [2.75, 3.05) is 56.2 Å². The number of benzene rings is 1. The molecular formula is C26H35N7O2. The van der Waals surface area contributed by atoms with Crippen molar-refractivity contribution in [2.24, 2.45) is 11.8 Å². The highest BCUT2D eigenvalue weighted by atomic mass is 16.5. The first-order valence-corrected chi connectivity index (χ1v) is 12.6. The third kappa shape index (κ3) is 5.18. The molecule has 2 saturated heterocycles. The summed E-state index contributed by atoms with van der Waals surface area (Å²) in [6, 6.07) is 12.2. The van der Waals surface area contributed by atoms with Gasteiger partial charge in [-0.2, -0.15) is 4.52 Å². The van der Waals surface area contributed by atoms with Crippen LogP contribution in [0.15, 0.2) is 36.4 Å². The molecule has 186 valence electrons. The molecule has 4 heterocycles. The Kier molecular flexibility index (Phi) is 6.74. The van der Waals surface area contributed by atoms with Crippen LogP contribution in [0, 0.1) is 11.8 Å². The third-order valence-electron chi connectivity index (χ3n) is 7.12. The van der Waals surface area contributed by atoms with Gasteiger partial charge in [0, 0.05) is 63.9 Å². The average Bonchev–Trinajstić information content (AvgIpc) is 3.29. The van der Waals surface area contributed by atoms with E-state index in [0.717, 1.165) is 56.7 Å². The zero-order chi connectivity index (χ0) is 24.4. The minimum absolute atomic E-state index is 0.199. The molecule has 2 fully saturated rings. The van der Waals surface area contributed by atoms with Crippen molar-refractivity contribution >= 4 is 23.1 Å². The quantitative estimate of drug-likeness (QED) is 0.540. The summed E-state index contributed by atoms with van der Waals surface area (Å²) in [7, 11) is 1.70. The normalized spacial score (nSPS) is 20.9. The maximum atomic E-state index is 12.9. The molecule has 0 saturated carbocycles. The number of likely N-dealkylation sites (tertiary alicyclic amines) is 1. The minimum atomic E-state index is 0.199. The fourth-order valence-electron chi connectivity index (χ4n) is 5.39. The molecular weight excluding hydrogens is 442 g/mol. The van der Waals surface area contributed by atoms with Crippen molar-refractivity contribution in [3.63, 3.8) is 0 Å². The molecule has 5 rings (SSSR count). The Morgan fingerprint density at radius 1 is 1.00 bits per heavy atom. The predicted molar refractivity (Wildman–Crippen MR) is 136 cm³/mol. The first kappa shape index (κ1) is 23.4. The highest BCUT2D eigenvalue weighted by molar-refractivity contribution is 5.76. The largest absolute Gasteiger partial charge is 0.497 e. The Hall–Kier alpha value is -3.36. The number of piperidine rings is 1. The van der Waals surface area contributed by atoms with Gasteiger partial charge in [0.15, 0.2) is 11.5 Å². The summed E-state index contributed by atoms with van der Waals surface area (Å²) in [5, 5.41) is 13.5. The van der Waals surface area contributed by atoms with Gasteiger partial charge in [0.2, 0.25) is 5.91 Å². The summed E-state index contributed by atoms with van der Waals surface area (Å²) in [6.45, 7) is 9.72. The van der Waals surface area contributed by atoms with E-state index < -0.39 is 0 Å². The van der Waals surface area contributed by atoms with Gasteiger partial charge in [-0.1, -0.05) is 19.9 Å². The first-order valence-electron chi connectivity index (χ1n) is 12.6. The predicted octanol–water partition coefficient (Wildman–Crippen LogP) is 2.90. The highest BCUT2D eigenvalue weighted by Gasteiger charge is 2.26. The van der Waals surface area contributed by atoms with Gasteiger partial charge < -0.3 is 19.4 Å². The lowest BCUT2D eigenvalue weighted by atomic mass is 9.91. The van der Waals surface area contributed by atoms with Crippen molar-refractivity contribution in [2.45, 2.75) is 33.1 Å². The molecule has 2 aromatic heterocycles. The van der Waals surface area contributed by atoms with E-state index in [-0.39, 0.29) is 5.91 Å². The van der Waals surface area contributed by atoms with Crippen LogP contribution < -0.4 is 14.5 Å². The first-order chi connectivity index (χ1) is 17.0. The van der Waals surface area contributed by atoms with Gasteiger partial charge in [-0.3, -0.25) is 4.79 Å². The van der Waals surface area contributed by atoms with E-state index >= 15 is 0 Å². The molecule has 0 aliphatic carbocycles. The lowest BCUT2D eigenvalue weighted by Gasteiger charge is -2.36. The van der Waals surface area contributed by atoms with Crippen LogP contribution in [0.25, 0.3) is 5.65 Å². The van der Waals surface area contributed by atoms with E-state index in [4.69, 9.17) is 9.84 Å². The molecule has 0 N–H and O–H groups in total. The smallest absolute Gasteiger partial charge is 0.223 e. The molecule has 1 amide bonds. The molecule has 3 aromatic rings. The molecule has 1 aromatic carbocycles. The Labute approximate surface area is 206 Å². The number of ether oxygens (including phenoxy) is 1. The summed E-state index contributed by atoms with van der Waals surface area (Å²) < 4.78 is 7.18. The second-order valence-corrected chi connectivity index (χ2v) is 10.00. The Balaban J connectivity index is 1.23. The fraction of sp³-hybridized carbons (Fsp3) is 0.538. The Bertz CT molecular complexity index is 1160. The average molecular weight is 478 g/mol. The molecule has 2 atom stereocenters. The lowest BCUT2D eigenvalue weighted by molar-refractivity contribution is -0.133. The van der Waals surface area contributed by atoms with Gasteiger partial charge >= 0.3 is 0 Å². The summed E-state index contributed by atoms with van der Waals surface area (Å²) >= 11 is 0. The zero-order valence-corrected chi connectivity index (χ0v) is 20.9. The van der Waals surface area contributed by atoms with E-state index in [2.05, 4.69) is 46.0 Å². The van der Waals surface area contributed by atoms with Crippen LogP contribution in [-0.2, 0) is 11.2 Å². The second kappa shape index (κ2) is 10.1. The molecule has 9 heteroatoms. The van der Waals surface area contributed by atoms with Crippen LogP contribution in [-0.4, -0.2) is 77.0 Å². The number of hydrogen-bond acceptors (Lipinski definition) is 7. The molecule has 9 nitrogen and oxygen atoms in total. The van der Waals surface area contributed by atoms with E-state index in [1.807, 2.05) is 29.2 Å². The topological polar surface area (TPSA) is 79.1 Å². The Morgan fingerprint density at radius 3 is 2.49 bits per heavy atom. The molecule has 2 aliphatic heterocycles. The zero-order valence-electron chi connectivity index (χ0n) is 20.9. The van der Waals surface area contributed by atoms with Crippen LogP contribution in [0.2, 0.25) is 0 Å². The number of methoxy groups -OCH3 is 1. The number of anilines is 2. The fourth-order valence-corrected chi connectivity index (χ4v) is 5.39. The van der Waals surface area contributed by atoms with Crippen molar-refractivity contribution in [1.29, 1.82) is 0 Å². The number of fused-ring (bicyclic) bond motifs is 1. The molecule has 0 radical (unpaired) electrons. The van der Waals surface area contributed by atoms with E-state index in [0.29, 0.717) is 30.3 Å². The van der Waals surface area contributed by atoms with E-state index in [1.54, 1.807) is 11.6 Å². The standard InChI is InChI=1S/C26H35N7O2/c1-19-15-20(2)18-32(17-19)26(34)10-9-24-28-27-23-7-8-25(29-33(23)24)31-13-11-30(12-14-31)21-5-4-6-22(16-21)35-3/h4-8,16,19-20H,9-15,17-18H2,1-3H3/t19-,20-/m0/s1. The highest BCUT2D eigenvalue weighted by Crippen LogP contribution is 2.24. The number of aryl methyl sites for hydroxylation is 1. The minimum Gasteiger partial charge on any atom is -0.497 e. The Morgan fingerprint density at radius 2 is 1.74 bits per heavy atom. The van der Waals surface area contributed by atoms with E-state index in [1.165, 1.54) is 12.1 Å². The summed E-state index contributed by atoms with van der Waals surface area (Å²) in [5.74, 6) is 3.84. The van der Waals surface area contributed by atoms with Crippen LogP contribution in [0.5, 0.6) is 5.75 Å². The summed E-state index contributed by atoms with van der Waals surface area (Å²) in [4.78, 5) is 19.5. The lowest BCUT2D eigenvalue weighted by Crippen LogP contribution is -2.47. The SMILES string of the molecule is COc1cccc(N2CCN(c3ccc4nnc(CCC(=O)N5C[C@@H](C)C[C@H](C)C5)n4n3)CC2)c1. The third-order valence-corrected chi connectivity index (χ3v) is 7.12. The number of piperazine rings is 1. The van der Waals surface area contributed by atoms with Crippen LogP contribution in [0.1, 0.15) is 32.5 Å². The van der Waals surface area contributed by atoms with Crippen molar-refractivity contribution in [1.82, 2.24) is 24.7 Å². The monoisotopic (exact) mass is 477 g/mol. The number of amides is 1. The molecule has 0 spiro atoms. The second-order valence-electron chi connectivity index (χ2n) is 10.00. The van der Waals surface area contributed by atoms with Gasteiger partial charge in [-0.25, -0.2) is 0 Å². The molecule has 0 bridgehead atoms. The van der Waals surface area contributed by atoms with Crippen molar-refractivity contribution in [3.05, 3.63) is 42.2 Å². The number of rotatable bonds is 6. The van der Waals surface area contributed by atoms with Gasteiger partial charge in [0.25, 0.3) is 0 Å². The van der Waals surface area contributed by atoms with Gasteiger partial charge in [0.05, 0.1) is 7.11 Å². The number of nitrogens with zero attached hydrogens (tertiary/aromatic N) is 7. The number of hydrogen-bond donors (Lipinski definition) is 0. The van der Waals surface area contributed by atoms with Crippen molar-refractivity contribution < 1.29 is 9.53 Å². The van der Waals surface area contributed by atoms with Crippen LogP contribution in [0.3, 0.4) is 0 Å². The molecule has 35 heavy (non-hydrogen) atoms. The summed E-state index contributed by atoms with van der Waals surface area (Å²) in [5.41, 5.74) is 1.89. The van der Waals surface area contributed by atoms with Gasteiger partial charge in [0.1, 0.15) is 11.6 Å². The summed E-state index contributed by atoms with van der Waals surface area (Å²) in [6.07, 6.45) is 2.17. The molecule has 2 aliphatic rings. The van der Waals surface area contributed by atoms with E-state index in [9.17, 15) is 4.79 Å². The maximum absolute atomic E-state index is 12.9. The molecule has 0 unspecified atom stereocenters. The van der Waals surface area contributed by atoms with Crippen LogP contribution in [0.4, 0.5) is 11.5 Å². The number of carbonyl (C=O) groups excluding carboxylic acids is 1. The van der Waals surface area contributed by atoms with Gasteiger partial charge in [-0.05, 0) is 42.5 Å². The maximum Gasteiger partial charge on any atom is 0.223 e. The number of aromatic nitrogens is 4. The number of carbonyl (C=O) groups is 1. The van der Waals surface area contributed by atoms with Gasteiger partial charge in [-0.15, -0.1) is 15.3 Å².